The van der Waals surface area contributed by atoms with E-state index in [-0.39, 0.29) is 6.61 Å². The maximum Gasteiger partial charge on any atom is 0.0681 e. The second-order valence-corrected chi connectivity index (χ2v) is 2.72. The van der Waals surface area contributed by atoms with Crippen LogP contribution in [0.3, 0.4) is 0 Å². The van der Waals surface area contributed by atoms with Crippen molar-refractivity contribution in [1.29, 1.82) is 0 Å². The molecule has 0 heterocycles. The van der Waals surface area contributed by atoms with Crippen LogP contribution in [0.1, 0.15) is 25.3 Å². The minimum absolute atomic E-state index is 0.140. The fourth-order valence-electron chi connectivity index (χ4n) is 0.742. The van der Waals surface area contributed by atoms with Crippen molar-refractivity contribution in [3.8, 4) is 0 Å². The molecular formula is C11H18O2. The van der Waals surface area contributed by atoms with E-state index in [1.54, 1.807) is 0 Å². The van der Waals surface area contributed by atoms with Gasteiger partial charge in [0, 0.05) is 6.61 Å². The third-order valence-electron chi connectivity index (χ3n) is 1.54. The summed E-state index contributed by atoms with van der Waals surface area (Å²) in [6.45, 7) is 2.54. The van der Waals surface area contributed by atoms with Crippen molar-refractivity contribution in [2.45, 2.75) is 26.4 Å². The fourth-order valence-corrected chi connectivity index (χ4v) is 0.742. The van der Waals surface area contributed by atoms with E-state index in [1.807, 2.05) is 30.3 Å². The number of rotatable bonds is 3. The summed E-state index contributed by atoms with van der Waals surface area (Å²) in [5, 5.41) is 16.6. The summed E-state index contributed by atoms with van der Waals surface area (Å²) >= 11 is 0. The molecule has 0 saturated heterocycles. The Bertz CT molecular complexity index is 183. The summed E-state index contributed by atoms with van der Waals surface area (Å²) < 4.78 is 0. The van der Waals surface area contributed by atoms with Crippen molar-refractivity contribution in [3.05, 3.63) is 35.9 Å². The normalized spacial score (nSPS) is 8.85. The monoisotopic (exact) mass is 182 g/mol. The summed E-state index contributed by atoms with van der Waals surface area (Å²) in [6.07, 6.45) is 2.04. The van der Waals surface area contributed by atoms with E-state index in [4.69, 9.17) is 10.2 Å². The molecule has 2 N–H and O–H groups in total. The van der Waals surface area contributed by atoms with Crippen LogP contribution in [-0.4, -0.2) is 16.8 Å². The zero-order chi connectivity index (χ0) is 9.94. The zero-order valence-electron chi connectivity index (χ0n) is 8.11. The highest BCUT2D eigenvalue weighted by Crippen LogP contribution is 1.95. The highest BCUT2D eigenvalue weighted by molar-refractivity contribution is 5.12. The van der Waals surface area contributed by atoms with Crippen LogP contribution in [0.2, 0.25) is 0 Å². The Labute approximate surface area is 79.9 Å². The molecule has 1 aromatic carbocycles. The average Bonchev–Trinajstić information content (AvgIpc) is 2.21. The second-order valence-electron chi connectivity index (χ2n) is 2.72. The summed E-state index contributed by atoms with van der Waals surface area (Å²) in [6, 6.07) is 9.52. The van der Waals surface area contributed by atoms with Crippen molar-refractivity contribution in [2.75, 3.05) is 6.61 Å². The molecule has 2 heteroatoms. The Morgan fingerprint density at radius 3 is 1.92 bits per heavy atom. The fraction of sp³-hybridized carbons (Fsp3) is 0.455. The van der Waals surface area contributed by atoms with E-state index in [9.17, 15) is 0 Å². The molecule has 0 radical (unpaired) electrons. The number of hydrogen-bond donors (Lipinski definition) is 2. The third kappa shape index (κ3) is 7.50. The SMILES string of the molecule is CCCCO.OCc1ccccc1. The van der Waals surface area contributed by atoms with Gasteiger partial charge in [0.25, 0.3) is 0 Å². The van der Waals surface area contributed by atoms with Crippen molar-refractivity contribution >= 4 is 0 Å². The molecule has 0 aliphatic rings. The standard InChI is InChI=1S/C7H8O.C4H10O/c8-6-7-4-2-1-3-5-7;1-2-3-4-5/h1-5,8H,6H2;5H,2-4H2,1H3. The van der Waals surface area contributed by atoms with Crippen LogP contribution in [0, 0.1) is 0 Å². The molecule has 0 bridgehead atoms. The molecule has 0 fully saturated rings. The third-order valence-corrected chi connectivity index (χ3v) is 1.54. The van der Waals surface area contributed by atoms with Gasteiger partial charge in [-0.3, -0.25) is 0 Å². The van der Waals surface area contributed by atoms with Gasteiger partial charge in [0.15, 0.2) is 0 Å². The highest BCUT2D eigenvalue weighted by Gasteiger charge is 1.81. The highest BCUT2D eigenvalue weighted by atomic mass is 16.3. The van der Waals surface area contributed by atoms with Crippen LogP contribution in [-0.2, 0) is 6.61 Å². The first-order valence-corrected chi connectivity index (χ1v) is 4.60. The molecule has 0 unspecified atom stereocenters. The van der Waals surface area contributed by atoms with Crippen LogP contribution in [0.4, 0.5) is 0 Å². The summed E-state index contributed by atoms with van der Waals surface area (Å²) in [4.78, 5) is 0. The minimum Gasteiger partial charge on any atom is -0.396 e. The Morgan fingerprint density at radius 1 is 1.08 bits per heavy atom. The van der Waals surface area contributed by atoms with Gasteiger partial charge in [0.1, 0.15) is 0 Å². The molecule has 0 saturated carbocycles. The number of unbranched alkanes of at least 4 members (excludes halogenated alkanes) is 1. The molecule has 0 atom stereocenters. The number of aliphatic hydroxyl groups is 2. The van der Waals surface area contributed by atoms with E-state index >= 15 is 0 Å². The molecule has 0 amide bonds. The Balaban J connectivity index is 0.000000252. The van der Waals surface area contributed by atoms with Gasteiger partial charge in [-0.25, -0.2) is 0 Å². The number of aliphatic hydroxyl groups excluding tert-OH is 2. The Morgan fingerprint density at radius 2 is 1.69 bits per heavy atom. The maximum atomic E-state index is 8.54. The lowest BCUT2D eigenvalue weighted by molar-refractivity contribution is 0.282. The van der Waals surface area contributed by atoms with Crippen LogP contribution in [0.15, 0.2) is 30.3 Å². The average molecular weight is 182 g/mol. The van der Waals surface area contributed by atoms with Crippen molar-refractivity contribution in [2.24, 2.45) is 0 Å². The van der Waals surface area contributed by atoms with Crippen LogP contribution >= 0.6 is 0 Å². The van der Waals surface area contributed by atoms with Gasteiger partial charge in [0.05, 0.1) is 6.61 Å². The lowest BCUT2D eigenvalue weighted by atomic mass is 10.2. The van der Waals surface area contributed by atoms with Crippen molar-refractivity contribution in [3.63, 3.8) is 0 Å². The lowest BCUT2D eigenvalue weighted by Crippen LogP contribution is -1.77. The second kappa shape index (κ2) is 9.23. The van der Waals surface area contributed by atoms with Gasteiger partial charge in [-0.15, -0.1) is 0 Å². The molecule has 13 heavy (non-hydrogen) atoms. The first-order valence-electron chi connectivity index (χ1n) is 4.60. The van der Waals surface area contributed by atoms with Crippen molar-refractivity contribution < 1.29 is 10.2 Å². The summed E-state index contributed by atoms with van der Waals surface area (Å²) in [7, 11) is 0. The quantitative estimate of drug-likeness (QED) is 0.750. The molecule has 74 valence electrons. The molecule has 0 spiro atoms. The minimum atomic E-state index is 0.140. The molecule has 2 nitrogen and oxygen atoms in total. The Hall–Kier alpha value is -0.860. The molecule has 1 aromatic rings. The van der Waals surface area contributed by atoms with E-state index in [2.05, 4.69) is 6.92 Å². The number of benzene rings is 1. The van der Waals surface area contributed by atoms with Gasteiger partial charge in [-0.2, -0.15) is 0 Å². The smallest absolute Gasteiger partial charge is 0.0681 e. The summed E-state index contributed by atoms with van der Waals surface area (Å²) in [5.41, 5.74) is 0.965. The maximum absolute atomic E-state index is 8.54. The predicted octanol–water partition coefficient (Wildman–Crippen LogP) is 1.96. The summed E-state index contributed by atoms with van der Waals surface area (Å²) in [5.74, 6) is 0. The number of hydrogen-bond acceptors (Lipinski definition) is 2. The van der Waals surface area contributed by atoms with Gasteiger partial charge < -0.3 is 10.2 Å². The van der Waals surface area contributed by atoms with Crippen molar-refractivity contribution in [1.82, 2.24) is 0 Å². The molecule has 0 aromatic heterocycles. The van der Waals surface area contributed by atoms with E-state index in [1.165, 1.54) is 0 Å². The van der Waals surface area contributed by atoms with Gasteiger partial charge >= 0.3 is 0 Å². The van der Waals surface area contributed by atoms with E-state index in [0.29, 0.717) is 6.61 Å². The molecule has 1 rings (SSSR count). The topological polar surface area (TPSA) is 40.5 Å². The lowest BCUT2D eigenvalue weighted by Gasteiger charge is -1.89. The Kier molecular flexibility index (Phi) is 8.62. The first kappa shape index (κ1) is 12.1. The van der Waals surface area contributed by atoms with Crippen LogP contribution < -0.4 is 0 Å². The molecule has 0 aliphatic carbocycles. The first-order chi connectivity index (χ1) is 6.35. The van der Waals surface area contributed by atoms with Gasteiger partial charge in [0.2, 0.25) is 0 Å². The van der Waals surface area contributed by atoms with Gasteiger partial charge in [-0.05, 0) is 12.0 Å². The van der Waals surface area contributed by atoms with E-state index in [0.717, 1.165) is 18.4 Å². The predicted molar refractivity (Wildman–Crippen MR) is 54.4 cm³/mol. The van der Waals surface area contributed by atoms with Gasteiger partial charge in [-0.1, -0.05) is 43.7 Å². The zero-order valence-corrected chi connectivity index (χ0v) is 8.11. The van der Waals surface area contributed by atoms with Crippen LogP contribution in [0.5, 0.6) is 0 Å². The molecular weight excluding hydrogens is 164 g/mol. The molecule has 0 aliphatic heterocycles. The van der Waals surface area contributed by atoms with E-state index < -0.39 is 0 Å². The largest absolute Gasteiger partial charge is 0.396 e. The van der Waals surface area contributed by atoms with Crippen LogP contribution in [0.25, 0.3) is 0 Å².